The van der Waals surface area contributed by atoms with Gasteiger partial charge in [0.25, 0.3) is 0 Å². The third kappa shape index (κ3) is 3.16. The van der Waals surface area contributed by atoms with Crippen LogP contribution in [0.25, 0.3) is 0 Å². The van der Waals surface area contributed by atoms with Gasteiger partial charge in [0.15, 0.2) is 0 Å². The van der Waals surface area contributed by atoms with Crippen LogP contribution in [0.4, 0.5) is 4.79 Å². The Kier molecular flexibility index (Phi) is 4.79. The molecule has 0 radical (unpaired) electrons. The standard InChI is InChI=1S/C16H28N2O3/c1-4-16(14(19)20)6-9-17(10-7-16)15(21)18-8-5-13(11-18)12(2)3/h12-13H,4-11H2,1-3H3,(H,19,20). The third-order valence-corrected chi connectivity index (χ3v) is 5.56. The van der Waals surface area contributed by atoms with E-state index < -0.39 is 11.4 Å². The predicted molar refractivity (Wildman–Crippen MR) is 81.1 cm³/mol. The molecule has 2 saturated heterocycles. The highest BCUT2D eigenvalue weighted by Gasteiger charge is 2.42. The number of nitrogens with zero attached hydrogens (tertiary/aromatic N) is 2. The van der Waals surface area contributed by atoms with Gasteiger partial charge >= 0.3 is 12.0 Å². The van der Waals surface area contributed by atoms with E-state index in [0.29, 0.717) is 44.2 Å². The fourth-order valence-corrected chi connectivity index (χ4v) is 3.55. The van der Waals surface area contributed by atoms with E-state index >= 15 is 0 Å². The van der Waals surface area contributed by atoms with Crippen LogP contribution in [0.15, 0.2) is 0 Å². The van der Waals surface area contributed by atoms with E-state index in [1.165, 1.54) is 0 Å². The Morgan fingerprint density at radius 3 is 2.24 bits per heavy atom. The molecule has 2 rings (SSSR count). The smallest absolute Gasteiger partial charge is 0.320 e. The number of rotatable bonds is 3. The minimum atomic E-state index is -0.710. The summed E-state index contributed by atoms with van der Waals surface area (Å²) in [6.07, 6.45) is 2.88. The van der Waals surface area contributed by atoms with Gasteiger partial charge in [0, 0.05) is 26.2 Å². The normalized spacial score (nSPS) is 25.4. The van der Waals surface area contributed by atoms with Crippen LogP contribution in [0.5, 0.6) is 0 Å². The first-order chi connectivity index (χ1) is 9.89. The highest BCUT2D eigenvalue weighted by Crippen LogP contribution is 2.36. The number of hydrogen-bond donors (Lipinski definition) is 1. The Bertz CT molecular complexity index is 400. The van der Waals surface area contributed by atoms with Crippen molar-refractivity contribution < 1.29 is 14.7 Å². The summed E-state index contributed by atoms with van der Waals surface area (Å²) in [7, 11) is 0. The molecule has 0 aromatic rings. The minimum Gasteiger partial charge on any atom is -0.481 e. The lowest BCUT2D eigenvalue weighted by molar-refractivity contribution is -0.152. The molecule has 0 saturated carbocycles. The fourth-order valence-electron chi connectivity index (χ4n) is 3.55. The highest BCUT2D eigenvalue weighted by molar-refractivity contribution is 5.77. The zero-order valence-corrected chi connectivity index (χ0v) is 13.5. The number of urea groups is 1. The van der Waals surface area contributed by atoms with Gasteiger partial charge in [0.05, 0.1) is 5.41 Å². The van der Waals surface area contributed by atoms with Crippen LogP contribution in [0.1, 0.15) is 46.5 Å². The summed E-state index contributed by atoms with van der Waals surface area (Å²) in [5.74, 6) is 0.509. The molecular formula is C16H28N2O3. The van der Waals surface area contributed by atoms with Gasteiger partial charge in [-0.2, -0.15) is 0 Å². The van der Waals surface area contributed by atoms with Crippen molar-refractivity contribution in [3.05, 3.63) is 0 Å². The van der Waals surface area contributed by atoms with Crippen molar-refractivity contribution in [2.24, 2.45) is 17.3 Å². The molecule has 2 aliphatic rings. The second-order valence-electron chi connectivity index (χ2n) is 6.95. The van der Waals surface area contributed by atoms with Gasteiger partial charge < -0.3 is 14.9 Å². The summed E-state index contributed by atoms with van der Waals surface area (Å²) in [6, 6.07) is 0.105. The minimum absolute atomic E-state index is 0.105. The van der Waals surface area contributed by atoms with Crippen LogP contribution in [-0.4, -0.2) is 53.1 Å². The van der Waals surface area contributed by atoms with Crippen LogP contribution in [-0.2, 0) is 4.79 Å². The van der Waals surface area contributed by atoms with Crippen LogP contribution < -0.4 is 0 Å². The maximum absolute atomic E-state index is 12.5. The number of carbonyl (C=O) groups is 2. The molecule has 0 bridgehead atoms. The van der Waals surface area contributed by atoms with Crippen molar-refractivity contribution in [2.75, 3.05) is 26.2 Å². The summed E-state index contributed by atoms with van der Waals surface area (Å²) in [4.78, 5) is 27.8. The number of aliphatic carboxylic acids is 1. The maximum Gasteiger partial charge on any atom is 0.320 e. The summed E-state index contributed by atoms with van der Waals surface area (Å²) >= 11 is 0. The van der Waals surface area contributed by atoms with Gasteiger partial charge in [-0.3, -0.25) is 4.79 Å². The van der Waals surface area contributed by atoms with Crippen molar-refractivity contribution in [3.63, 3.8) is 0 Å². The first kappa shape index (κ1) is 16.1. The molecule has 1 unspecified atom stereocenters. The zero-order chi connectivity index (χ0) is 15.6. The summed E-state index contributed by atoms with van der Waals surface area (Å²) in [5, 5.41) is 9.41. The molecule has 0 aromatic heterocycles. The van der Waals surface area contributed by atoms with Gasteiger partial charge in [-0.15, -0.1) is 0 Å². The number of amides is 2. The molecular weight excluding hydrogens is 268 g/mol. The monoisotopic (exact) mass is 296 g/mol. The van der Waals surface area contributed by atoms with E-state index in [-0.39, 0.29) is 6.03 Å². The molecule has 5 nitrogen and oxygen atoms in total. The summed E-state index contributed by atoms with van der Waals surface area (Å²) in [5.41, 5.74) is -0.623. The van der Waals surface area contributed by atoms with E-state index in [4.69, 9.17) is 0 Å². The lowest BCUT2D eigenvalue weighted by atomic mass is 9.76. The molecule has 21 heavy (non-hydrogen) atoms. The predicted octanol–water partition coefficient (Wildman–Crippen LogP) is 2.66. The topological polar surface area (TPSA) is 60.9 Å². The zero-order valence-electron chi connectivity index (χ0n) is 13.5. The number of carbonyl (C=O) groups excluding carboxylic acids is 1. The van der Waals surface area contributed by atoms with E-state index in [1.807, 2.05) is 16.7 Å². The van der Waals surface area contributed by atoms with Gasteiger partial charge in [-0.25, -0.2) is 4.79 Å². The number of piperidine rings is 1. The Balaban J connectivity index is 1.91. The van der Waals surface area contributed by atoms with Crippen molar-refractivity contribution >= 4 is 12.0 Å². The SMILES string of the molecule is CCC1(C(=O)O)CCN(C(=O)N2CCC(C(C)C)C2)CC1. The van der Waals surface area contributed by atoms with Gasteiger partial charge in [-0.1, -0.05) is 20.8 Å². The quantitative estimate of drug-likeness (QED) is 0.871. The van der Waals surface area contributed by atoms with E-state index in [9.17, 15) is 14.7 Å². The molecule has 5 heteroatoms. The molecule has 120 valence electrons. The summed E-state index contributed by atoms with van der Waals surface area (Å²) < 4.78 is 0. The molecule has 1 N–H and O–H groups in total. The molecule has 2 amide bonds. The van der Waals surface area contributed by atoms with Crippen molar-refractivity contribution in [3.8, 4) is 0 Å². The largest absolute Gasteiger partial charge is 0.481 e. The Morgan fingerprint density at radius 1 is 1.19 bits per heavy atom. The van der Waals surface area contributed by atoms with Gasteiger partial charge in [-0.05, 0) is 37.5 Å². The Morgan fingerprint density at radius 2 is 1.81 bits per heavy atom. The van der Waals surface area contributed by atoms with Crippen LogP contribution in [0.2, 0.25) is 0 Å². The lowest BCUT2D eigenvalue weighted by Gasteiger charge is -2.39. The van der Waals surface area contributed by atoms with E-state index in [0.717, 1.165) is 19.5 Å². The van der Waals surface area contributed by atoms with Crippen LogP contribution in [0.3, 0.4) is 0 Å². The Labute approximate surface area is 127 Å². The van der Waals surface area contributed by atoms with Crippen molar-refractivity contribution in [2.45, 2.75) is 46.5 Å². The highest BCUT2D eigenvalue weighted by atomic mass is 16.4. The molecule has 0 aliphatic carbocycles. The fraction of sp³-hybridized carbons (Fsp3) is 0.875. The second kappa shape index (κ2) is 6.24. The van der Waals surface area contributed by atoms with E-state index in [1.54, 1.807) is 0 Å². The van der Waals surface area contributed by atoms with Crippen molar-refractivity contribution in [1.82, 2.24) is 9.80 Å². The molecule has 2 fully saturated rings. The average molecular weight is 296 g/mol. The molecule has 1 atom stereocenters. The number of carboxylic acids is 1. The molecule has 0 aromatic carbocycles. The Hall–Kier alpha value is -1.26. The van der Waals surface area contributed by atoms with Gasteiger partial charge in [0.1, 0.15) is 0 Å². The van der Waals surface area contributed by atoms with Gasteiger partial charge in [0.2, 0.25) is 0 Å². The lowest BCUT2D eigenvalue weighted by Crippen LogP contribution is -2.50. The second-order valence-corrected chi connectivity index (χ2v) is 6.95. The summed E-state index contributed by atoms with van der Waals surface area (Å²) in [6.45, 7) is 9.19. The van der Waals surface area contributed by atoms with E-state index in [2.05, 4.69) is 13.8 Å². The van der Waals surface area contributed by atoms with Crippen LogP contribution in [0, 0.1) is 17.3 Å². The number of likely N-dealkylation sites (tertiary alicyclic amines) is 2. The molecule has 2 heterocycles. The number of hydrogen-bond acceptors (Lipinski definition) is 2. The third-order valence-electron chi connectivity index (χ3n) is 5.56. The first-order valence-corrected chi connectivity index (χ1v) is 8.17. The average Bonchev–Trinajstić information content (AvgIpc) is 2.96. The molecule has 2 aliphatic heterocycles. The maximum atomic E-state index is 12.5. The number of carboxylic acid groups (broad SMARTS) is 1. The molecule has 0 spiro atoms. The first-order valence-electron chi connectivity index (χ1n) is 8.17. The van der Waals surface area contributed by atoms with Crippen molar-refractivity contribution in [1.29, 1.82) is 0 Å². The van der Waals surface area contributed by atoms with Crippen LogP contribution >= 0.6 is 0 Å².